The van der Waals surface area contributed by atoms with Gasteiger partial charge in [-0.15, -0.1) is 0 Å². The maximum Gasteiger partial charge on any atom is 0.335 e. The minimum atomic E-state index is -0.739. The molecule has 2 heterocycles. The predicted molar refractivity (Wildman–Crippen MR) is 135 cm³/mol. The molecule has 0 amide bonds. The van der Waals surface area contributed by atoms with Gasteiger partial charge in [0, 0.05) is 30.1 Å². The Hall–Kier alpha value is -1.21. The number of nitrogens with two attached hydrogens (primary N) is 1. The van der Waals surface area contributed by atoms with E-state index in [1.165, 1.54) is 18.9 Å². The second-order valence-corrected chi connectivity index (χ2v) is 13.2. The Morgan fingerprint density at radius 2 is 1.77 bits per heavy atom. The molecule has 0 radical (unpaired) electrons. The van der Waals surface area contributed by atoms with Gasteiger partial charge in [-0.2, -0.15) is 0 Å². The Bertz CT molecular complexity index is 1010. The van der Waals surface area contributed by atoms with Gasteiger partial charge in [-0.1, -0.05) is 13.8 Å². The highest BCUT2D eigenvalue weighted by Gasteiger charge is 2.70. The number of likely N-dealkylation sites (tertiary alicyclic amines) is 1. The quantitative estimate of drug-likeness (QED) is 0.604. The second-order valence-electron chi connectivity index (χ2n) is 13.2. The number of aliphatic hydroxyl groups is 2. The Balaban J connectivity index is 1.27. The van der Waals surface area contributed by atoms with Crippen molar-refractivity contribution in [3.63, 3.8) is 0 Å². The molecule has 1 unspecified atom stereocenters. The van der Waals surface area contributed by atoms with Gasteiger partial charge in [-0.3, -0.25) is 4.90 Å². The lowest BCUT2D eigenvalue weighted by molar-refractivity contribution is -0.250. The fraction of sp³-hybridized carbons (Fsp3) is 0.828. The molecule has 9 atom stereocenters. The molecule has 1 saturated heterocycles. The third-order valence-electron chi connectivity index (χ3n) is 12.3. The number of fused-ring (bicyclic) bond motifs is 5. The number of nitrogens with zero attached hydrogens (tertiary/aromatic N) is 1. The highest BCUT2D eigenvalue weighted by molar-refractivity contribution is 5.28. The van der Waals surface area contributed by atoms with E-state index < -0.39 is 11.2 Å². The first kappa shape index (κ1) is 24.1. The van der Waals surface area contributed by atoms with Crippen LogP contribution in [0.2, 0.25) is 0 Å². The fourth-order valence-corrected chi connectivity index (χ4v) is 10.2. The van der Waals surface area contributed by atoms with E-state index in [0.29, 0.717) is 24.5 Å². The monoisotopic (exact) mass is 484 g/mol. The zero-order valence-electron chi connectivity index (χ0n) is 21.5. The van der Waals surface area contributed by atoms with Crippen LogP contribution in [0.15, 0.2) is 27.6 Å². The van der Waals surface area contributed by atoms with E-state index in [2.05, 4.69) is 18.7 Å². The van der Waals surface area contributed by atoms with Gasteiger partial charge in [0.25, 0.3) is 0 Å². The van der Waals surface area contributed by atoms with Crippen LogP contribution in [-0.4, -0.2) is 51.5 Å². The van der Waals surface area contributed by atoms with Gasteiger partial charge < -0.3 is 20.4 Å². The summed E-state index contributed by atoms with van der Waals surface area (Å²) in [4.78, 5) is 14.1. The smallest absolute Gasteiger partial charge is 0.335 e. The van der Waals surface area contributed by atoms with Gasteiger partial charge in [0.2, 0.25) is 0 Å². The molecular formula is C29H44N2O4. The van der Waals surface area contributed by atoms with Gasteiger partial charge in [-0.05, 0) is 112 Å². The van der Waals surface area contributed by atoms with Crippen LogP contribution in [0.25, 0.3) is 0 Å². The molecule has 6 nitrogen and oxygen atoms in total. The molecule has 5 aliphatic rings. The SMILES string of the molecule is C[C@]12CC[C@H](N3CCCC3CN)C[C@@]1(O)CC[C@@H]1[C@@H]2CC[C@]2(C)[C@@H](c3ccc(=O)oc3)CC[C@]12O. The Morgan fingerprint density at radius 1 is 1.00 bits per heavy atom. The average molecular weight is 485 g/mol. The standard InChI is InChI=1S/C29H44N2O4/c1-26-11-7-20(31-15-3-4-21(31)17-30)16-28(26,33)13-9-24-23(26)8-12-27(2)22(10-14-29(24,27)34)19-5-6-25(32)35-18-19/h5-6,18,20-24,33-34H,3-4,7-17,30H2,1-2H3/t20-,21?,22+,23-,24+,26+,27+,28-,29-/m0/s1. The lowest BCUT2D eigenvalue weighted by Crippen LogP contribution is -2.68. The molecule has 0 aromatic carbocycles. The first-order valence-electron chi connectivity index (χ1n) is 14.1. The molecule has 5 fully saturated rings. The van der Waals surface area contributed by atoms with Crippen LogP contribution in [0.5, 0.6) is 0 Å². The maximum atomic E-state index is 12.4. The topological polar surface area (TPSA) is 99.9 Å². The Kier molecular flexibility index (Phi) is 5.62. The number of rotatable bonds is 3. The van der Waals surface area contributed by atoms with Crippen LogP contribution in [0.4, 0.5) is 0 Å². The molecule has 1 aromatic heterocycles. The van der Waals surface area contributed by atoms with Gasteiger partial charge in [0.1, 0.15) is 0 Å². The summed E-state index contributed by atoms with van der Waals surface area (Å²) in [5, 5.41) is 24.7. The van der Waals surface area contributed by atoms with Gasteiger partial charge in [0.05, 0.1) is 17.5 Å². The van der Waals surface area contributed by atoms with E-state index >= 15 is 0 Å². The molecule has 4 N–H and O–H groups in total. The van der Waals surface area contributed by atoms with E-state index in [1.54, 1.807) is 6.26 Å². The predicted octanol–water partition coefficient (Wildman–Crippen LogP) is 3.79. The van der Waals surface area contributed by atoms with E-state index in [9.17, 15) is 15.0 Å². The molecule has 194 valence electrons. The molecule has 6 heteroatoms. The van der Waals surface area contributed by atoms with Crippen molar-refractivity contribution in [1.82, 2.24) is 4.90 Å². The second kappa shape index (κ2) is 8.14. The minimum Gasteiger partial charge on any atom is -0.431 e. The Morgan fingerprint density at radius 3 is 2.51 bits per heavy atom. The lowest BCUT2D eigenvalue weighted by Gasteiger charge is -2.66. The normalized spacial score (nSPS) is 49.9. The number of hydrogen-bond donors (Lipinski definition) is 3. The van der Waals surface area contributed by atoms with Crippen LogP contribution >= 0.6 is 0 Å². The van der Waals surface area contributed by atoms with Crippen LogP contribution < -0.4 is 11.4 Å². The summed E-state index contributed by atoms with van der Waals surface area (Å²) in [5.74, 6) is 0.759. The maximum absolute atomic E-state index is 12.4. The van der Waals surface area contributed by atoms with Crippen molar-refractivity contribution in [3.05, 3.63) is 34.4 Å². The third kappa shape index (κ3) is 3.25. The van der Waals surface area contributed by atoms with Crippen LogP contribution in [0.3, 0.4) is 0 Å². The molecular weight excluding hydrogens is 440 g/mol. The Labute approximate surface area is 209 Å². The van der Waals surface area contributed by atoms with Crippen molar-refractivity contribution in [2.24, 2.45) is 28.4 Å². The third-order valence-corrected chi connectivity index (χ3v) is 12.3. The summed E-state index contributed by atoms with van der Waals surface area (Å²) in [6.45, 7) is 6.44. The molecule has 1 aliphatic heterocycles. The highest BCUT2D eigenvalue weighted by Crippen LogP contribution is 2.71. The summed E-state index contributed by atoms with van der Waals surface area (Å²) >= 11 is 0. The van der Waals surface area contributed by atoms with Crippen molar-refractivity contribution >= 4 is 0 Å². The minimum absolute atomic E-state index is 0.154. The van der Waals surface area contributed by atoms with Crippen molar-refractivity contribution < 1.29 is 14.6 Å². The van der Waals surface area contributed by atoms with Crippen molar-refractivity contribution in [3.8, 4) is 0 Å². The molecule has 4 aliphatic carbocycles. The molecule has 0 bridgehead atoms. The zero-order chi connectivity index (χ0) is 24.6. The first-order valence-corrected chi connectivity index (χ1v) is 14.1. The highest BCUT2D eigenvalue weighted by atomic mass is 16.4. The fourth-order valence-electron chi connectivity index (χ4n) is 10.2. The zero-order valence-corrected chi connectivity index (χ0v) is 21.5. The van der Waals surface area contributed by atoms with Gasteiger partial charge in [0.15, 0.2) is 0 Å². The van der Waals surface area contributed by atoms with Gasteiger partial charge in [-0.25, -0.2) is 4.79 Å². The molecule has 35 heavy (non-hydrogen) atoms. The molecule has 1 aromatic rings. The molecule has 4 saturated carbocycles. The summed E-state index contributed by atoms with van der Waals surface area (Å²) in [6, 6.07) is 4.31. The largest absolute Gasteiger partial charge is 0.431 e. The van der Waals surface area contributed by atoms with Crippen LogP contribution in [-0.2, 0) is 0 Å². The van der Waals surface area contributed by atoms with E-state index in [4.69, 9.17) is 10.2 Å². The molecule has 0 spiro atoms. The van der Waals surface area contributed by atoms with Crippen molar-refractivity contribution in [2.75, 3.05) is 13.1 Å². The van der Waals surface area contributed by atoms with E-state index in [1.807, 2.05) is 6.07 Å². The summed E-state index contributed by atoms with van der Waals surface area (Å²) < 4.78 is 5.22. The van der Waals surface area contributed by atoms with Gasteiger partial charge >= 0.3 is 5.63 Å². The number of hydrogen-bond acceptors (Lipinski definition) is 6. The average Bonchev–Trinajstić information content (AvgIpc) is 3.42. The summed E-state index contributed by atoms with van der Waals surface area (Å²) in [5.41, 5.74) is 5.02. The van der Waals surface area contributed by atoms with Crippen molar-refractivity contribution in [1.29, 1.82) is 0 Å². The van der Waals surface area contributed by atoms with E-state index in [0.717, 1.165) is 69.9 Å². The van der Waals surface area contributed by atoms with Crippen molar-refractivity contribution in [2.45, 2.75) is 114 Å². The lowest BCUT2D eigenvalue weighted by atomic mass is 9.41. The van der Waals surface area contributed by atoms with Crippen LogP contribution in [0, 0.1) is 22.7 Å². The van der Waals surface area contributed by atoms with E-state index in [-0.39, 0.29) is 28.3 Å². The summed E-state index contributed by atoms with van der Waals surface area (Å²) in [7, 11) is 0. The molecule has 6 rings (SSSR count). The first-order chi connectivity index (χ1) is 16.7. The van der Waals surface area contributed by atoms with Crippen LogP contribution in [0.1, 0.15) is 96.0 Å². The summed E-state index contributed by atoms with van der Waals surface area (Å²) in [6.07, 6.45) is 12.4.